The van der Waals surface area contributed by atoms with Crippen LogP contribution in [-0.2, 0) is 18.1 Å². The Morgan fingerprint density at radius 1 is 0.857 bits per heavy atom. The van der Waals surface area contributed by atoms with E-state index in [9.17, 15) is 13.2 Å². The molecule has 186 valence electrons. The van der Waals surface area contributed by atoms with Crippen molar-refractivity contribution in [3.05, 3.63) is 99.6 Å². The molecule has 0 saturated heterocycles. The van der Waals surface area contributed by atoms with Crippen LogP contribution < -0.4 is 10.6 Å². The molecule has 0 aromatic heterocycles. The largest absolute Gasteiger partial charge is 0.416 e. The predicted molar refractivity (Wildman–Crippen MR) is 142 cm³/mol. The van der Waals surface area contributed by atoms with E-state index in [1.54, 1.807) is 6.07 Å². The standard InChI is InChI=1S/C29H32ClF3N2/c1-6-21(27-15-24(30)12-7-19(27)2)18-35-26-14-23(29(31,32)33)13-25(16-26)34-17-20-8-10-22(11-9-20)28(3,4)5/h6-16,34-35H,17-18H2,1-5H3/b21-6-. The molecular weight excluding hydrogens is 469 g/mol. The fourth-order valence-corrected chi connectivity index (χ4v) is 3.98. The zero-order valence-electron chi connectivity index (χ0n) is 20.8. The van der Waals surface area contributed by atoms with Crippen LogP contribution in [0.4, 0.5) is 24.5 Å². The van der Waals surface area contributed by atoms with Gasteiger partial charge in [-0.2, -0.15) is 13.2 Å². The molecule has 0 bridgehead atoms. The molecule has 0 unspecified atom stereocenters. The van der Waals surface area contributed by atoms with E-state index >= 15 is 0 Å². The quantitative estimate of drug-likeness (QED) is 0.338. The molecule has 0 spiro atoms. The fourth-order valence-electron chi connectivity index (χ4n) is 3.81. The number of aryl methyl sites for hydroxylation is 1. The fraction of sp³-hybridized carbons (Fsp3) is 0.310. The summed E-state index contributed by atoms with van der Waals surface area (Å²) in [7, 11) is 0. The van der Waals surface area contributed by atoms with Gasteiger partial charge in [0, 0.05) is 29.5 Å². The molecule has 2 N–H and O–H groups in total. The van der Waals surface area contributed by atoms with Crippen LogP contribution in [0.15, 0.2) is 66.7 Å². The predicted octanol–water partition coefficient (Wildman–Crippen LogP) is 9.09. The van der Waals surface area contributed by atoms with Crippen molar-refractivity contribution in [2.75, 3.05) is 17.2 Å². The molecule has 0 aliphatic rings. The molecule has 3 aromatic rings. The molecule has 35 heavy (non-hydrogen) atoms. The summed E-state index contributed by atoms with van der Waals surface area (Å²) in [6.45, 7) is 11.1. The summed E-state index contributed by atoms with van der Waals surface area (Å²) in [6.07, 6.45) is -2.50. The lowest BCUT2D eigenvalue weighted by Crippen LogP contribution is -2.11. The number of benzene rings is 3. The Labute approximate surface area is 211 Å². The molecule has 2 nitrogen and oxygen atoms in total. The van der Waals surface area contributed by atoms with Crippen LogP contribution in [0, 0.1) is 6.92 Å². The lowest BCUT2D eigenvalue weighted by Gasteiger charge is -2.19. The van der Waals surface area contributed by atoms with Crippen molar-refractivity contribution in [3.8, 4) is 0 Å². The Hall–Kier alpha value is -2.92. The summed E-state index contributed by atoms with van der Waals surface area (Å²) in [4.78, 5) is 0. The van der Waals surface area contributed by atoms with Gasteiger partial charge in [-0.3, -0.25) is 0 Å². The van der Waals surface area contributed by atoms with Crippen LogP contribution in [-0.4, -0.2) is 6.54 Å². The van der Waals surface area contributed by atoms with Crippen molar-refractivity contribution < 1.29 is 13.2 Å². The van der Waals surface area contributed by atoms with E-state index in [0.717, 1.165) is 34.4 Å². The number of nitrogens with one attached hydrogen (secondary N) is 2. The zero-order valence-corrected chi connectivity index (χ0v) is 21.5. The maximum absolute atomic E-state index is 13.6. The van der Waals surface area contributed by atoms with Gasteiger partial charge in [0.1, 0.15) is 0 Å². The van der Waals surface area contributed by atoms with E-state index in [4.69, 9.17) is 11.6 Å². The number of anilines is 2. The van der Waals surface area contributed by atoms with Gasteiger partial charge < -0.3 is 10.6 Å². The topological polar surface area (TPSA) is 24.1 Å². The minimum absolute atomic E-state index is 0.0446. The first kappa shape index (κ1) is 26.7. The molecule has 0 saturated carbocycles. The summed E-state index contributed by atoms with van der Waals surface area (Å²) in [5.74, 6) is 0. The van der Waals surface area contributed by atoms with Crippen LogP contribution >= 0.6 is 11.6 Å². The molecule has 0 heterocycles. The van der Waals surface area contributed by atoms with E-state index in [1.165, 1.54) is 5.56 Å². The van der Waals surface area contributed by atoms with Gasteiger partial charge in [-0.15, -0.1) is 0 Å². The molecule has 0 aliphatic carbocycles. The Balaban J connectivity index is 1.79. The van der Waals surface area contributed by atoms with E-state index in [-0.39, 0.29) is 5.41 Å². The SMILES string of the molecule is C/C=C(/CNc1cc(NCc2ccc(C(C)(C)C)cc2)cc(C(F)(F)F)c1)c1cc(Cl)ccc1C. The first-order chi connectivity index (χ1) is 16.4. The van der Waals surface area contributed by atoms with Gasteiger partial charge in [0.05, 0.1) is 5.56 Å². The number of halogens is 4. The van der Waals surface area contributed by atoms with Crippen molar-refractivity contribution in [2.24, 2.45) is 0 Å². The molecule has 0 atom stereocenters. The average Bonchev–Trinajstić information content (AvgIpc) is 2.79. The van der Waals surface area contributed by atoms with E-state index < -0.39 is 11.7 Å². The number of hydrogen-bond donors (Lipinski definition) is 2. The van der Waals surface area contributed by atoms with Crippen molar-refractivity contribution in [3.63, 3.8) is 0 Å². The molecule has 3 aromatic carbocycles. The number of hydrogen-bond acceptors (Lipinski definition) is 2. The monoisotopic (exact) mass is 500 g/mol. The molecule has 0 amide bonds. The summed E-state index contributed by atoms with van der Waals surface area (Å²) in [5.41, 5.74) is 5.32. The van der Waals surface area contributed by atoms with E-state index in [1.807, 2.05) is 50.3 Å². The first-order valence-electron chi connectivity index (χ1n) is 11.6. The lowest BCUT2D eigenvalue weighted by molar-refractivity contribution is -0.137. The summed E-state index contributed by atoms with van der Waals surface area (Å²) < 4.78 is 40.8. The Bertz CT molecular complexity index is 1190. The van der Waals surface area contributed by atoms with Crippen LogP contribution in [0.5, 0.6) is 0 Å². The first-order valence-corrected chi connectivity index (χ1v) is 12.0. The Morgan fingerprint density at radius 2 is 1.49 bits per heavy atom. The second kappa shape index (κ2) is 10.8. The molecule has 3 rings (SSSR count). The van der Waals surface area contributed by atoms with Crippen LogP contribution in [0.1, 0.15) is 55.5 Å². The summed E-state index contributed by atoms with van der Waals surface area (Å²) >= 11 is 6.16. The smallest absolute Gasteiger partial charge is 0.381 e. The van der Waals surface area contributed by atoms with Gasteiger partial charge in [0.25, 0.3) is 0 Å². The number of allylic oxidation sites excluding steroid dienone is 1. The van der Waals surface area contributed by atoms with Gasteiger partial charge >= 0.3 is 6.18 Å². The number of rotatable bonds is 7. The third-order valence-corrected chi connectivity index (χ3v) is 6.19. The highest BCUT2D eigenvalue weighted by Crippen LogP contribution is 2.34. The highest BCUT2D eigenvalue weighted by molar-refractivity contribution is 6.30. The Morgan fingerprint density at radius 3 is 2.06 bits per heavy atom. The average molecular weight is 501 g/mol. The van der Waals surface area contributed by atoms with Gasteiger partial charge in [-0.05, 0) is 77.4 Å². The van der Waals surface area contributed by atoms with Crippen molar-refractivity contribution in [1.29, 1.82) is 0 Å². The highest BCUT2D eigenvalue weighted by atomic mass is 35.5. The Kier molecular flexibility index (Phi) is 8.22. The van der Waals surface area contributed by atoms with Crippen molar-refractivity contribution in [1.82, 2.24) is 0 Å². The molecular formula is C29H32ClF3N2. The molecule has 0 radical (unpaired) electrons. The van der Waals surface area contributed by atoms with Crippen LogP contribution in [0.25, 0.3) is 5.57 Å². The van der Waals surface area contributed by atoms with Gasteiger partial charge in [-0.25, -0.2) is 0 Å². The second-order valence-corrected chi connectivity index (χ2v) is 10.2. The van der Waals surface area contributed by atoms with Crippen LogP contribution in [0.3, 0.4) is 0 Å². The molecule has 0 aliphatic heterocycles. The minimum Gasteiger partial charge on any atom is -0.381 e. The normalized spacial score (nSPS) is 12.5. The van der Waals surface area contributed by atoms with Crippen molar-refractivity contribution >= 4 is 28.5 Å². The van der Waals surface area contributed by atoms with Gasteiger partial charge in [-0.1, -0.05) is 68.8 Å². The zero-order chi connectivity index (χ0) is 25.8. The van der Waals surface area contributed by atoms with Gasteiger partial charge in [0.2, 0.25) is 0 Å². The summed E-state index contributed by atoms with van der Waals surface area (Å²) in [5, 5.41) is 6.93. The van der Waals surface area contributed by atoms with E-state index in [2.05, 4.69) is 43.5 Å². The van der Waals surface area contributed by atoms with Gasteiger partial charge in [0.15, 0.2) is 0 Å². The molecule has 0 fully saturated rings. The maximum atomic E-state index is 13.6. The highest BCUT2D eigenvalue weighted by Gasteiger charge is 2.31. The maximum Gasteiger partial charge on any atom is 0.416 e. The third kappa shape index (κ3) is 7.28. The third-order valence-electron chi connectivity index (χ3n) is 5.95. The lowest BCUT2D eigenvalue weighted by atomic mass is 9.87. The van der Waals surface area contributed by atoms with E-state index in [0.29, 0.717) is 29.5 Å². The minimum atomic E-state index is -4.45. The number of alkyl halides is 3. The second-order valence-electron chi connectivity index (χ2n) is 9.72. The summed E-state index contributed by atoms with van der Waals surface area (Å²) in [6, 6.07) is 17.8. The molecule has 6 heteroatoms. The van der Waals surface area contributed by atoms with Crippen molar-refractivity contribution in [2.45, 2.75) is 52.8 Å². The van der Waals surface area contributed by atoms with Crippen LogP contribution in [0.2, 0.25) is 5.02 Å².